The second-order valence-electron chi connectivity index (χ2n) is 8.36. The number of aryl methyl sites for hydroxylation is 2. The van der Waals surface area contributed by atoms with Crippen molar-refractivity contribution in [2.75, 3.05) is 26.2 Å². The minimum atomic E-state index is -0.209. The summed E-state index contributed by atoms with van der Waals surface area (Å²) in [5.41, 5.74) is 3.91. The number of pyridine rings is 1. The Morgan fingerprint density at radius 3 is 2.44 bits per heavy atom. The molecule has 0 spiro atoms. The molecule has 0 atom stereocenters. The molecule has 174 valence electrons. The molecule has 1 aliphatic heterocycles. The molecule has 0 N–H and O–H groups in total. The maximum atomic E-state index is 13.3. The summed E-state index contributed by atoms with van der Waals surface area (Å²) >= 11 is 0. The minimum absolute atomic E-state index is 0.121. The van der Waals surface area contributed by atoms with E-state index in [4.69, 9.17) is 9.26 Å². The highest BCUT2D eigenvalue weighted by molar-refractivity contribution is 5.97. The molecule has 0 saturated carbocycles. The molecular formula is C25H25N5O4. The quantitative estimate of drug-likeness (QED) is 0.455. The van der Waals surface area contributed by atoms with Crippen LogP contribution in [0, 0.1) is 13.8 Å². The topological polar surface area (TPSA) is 93.2 Å². The number of benzene rings is 1. The molecule has 0 radical (unpaired) electrons. The van der Waals surface area contributed by atoms with E-state index in [-0.39, 0.29) is 24.2 Å². The third-order valence-corrected chi connectivity index (χ3v) is 5.91. The normalized spacial score (nSPS) is 13.9. The number of hydrogen-bond acceptors (Lipinski definition) is 6. The van der Waals surface area contributed by atoms with Gasteiger partial charge in [0, 0.05) is 44.6 Å². The highest BCUT2D eigenvalue weighted by atomic mass is 16.5. The Morgan fingerprint density at radius 1 is 1.00 bits per heavy atom. The van der Waals surface area contributed by atoms with Crippen molar-refractivity contribution in [3.05, 3.63) is 83.1 Å². The van der Waals surface area contributed by atoms with E-state index >= 15 is 0 Å². The van der Waals surface area contributed by atoms with Crippen LogP contribution in [0.4, 0.5) is 0 Å². The zero-order valence-corrected chi connectivity index (χ0v) is 19.1. The van der Waals surface area contributed by atoms with Gasteiger partial charge in [-0.3, -0.25) is 9.59 Å². The molecule has 4 aromatic rings. The Bertz CT molecular complexity index is 1350. The molecule has 4 heterocycles. The third-order valence-electron chi connectivity index (χ3n) is 5.91. The Kier molecular flexibility index (Phi) is 5.75. The monoisotopic (exact) mass is 459 g/mol. The van der Waals surface area contributed by atoms with Crippen LogP contribution < -0.4 is 4.74 Å². The summed E-state index contributed by atoms with van der Waals surface area (Å²) < 4.78 is 13.1. The minimum Gasteiger partial charge on any atom is -0.486 e. The van der Waals surface area contributed by atoms with E-state index in [0.717, 1.165) is 16.9 Å². The van der Waals surface area contributed by atoms with Crippen molar-refractivity contribution < 1.29 is 18.8 Å². The zero-order chi connectivity index (χ0) is 23.7. The number of hydrogen-bond donors (Lipinski definition) is 0. The van der Waals surface area contributed by atoms with Crippen LogP contribution >= 0.6 is 0 Å². The number of para-hydroxylation sites is 1. The molecule has 1 aromatic carbocycles. The highest BCUT2D eigenvalue weighted by Gasteiger charge is 2.28. The first kappa shape index (κ1) is 21.7. The van der Waals surface area contributed by atoms with Gasteiger partial charge in [-0.2, -0.15) is 0 Å². The van der Waals surface area contributed by atoms with Crippen molar-refractivity contribution in [2.24, 2.45) is 0 Å². The first-order valence-corrected chi connectivity index (χ1v) is 11.2. The van der Waals surface area contributed by atoms with Gasteiger partial charge in [-0.25, -0.2) is 4.98 Å². The van der Waals surface area contributed by atoms with Crippen LogP contribution in [0.3, 0.4) is 0 Å². The van der Waals surface area contributed by atoms with Gasteiger partial charge in [-0.1, -0.05) is 23.4 Å². The summed E-state index contributed by atoms with van der Waals surface area (Å²) in [5.74, 6) is 0.401. The maximum Gasteiger partial charge on any atom is 0.292 e. The van der Waals surface area contributed by atoms with Crippen molar-refractivity contribution in [2.45, 2.75) is 20.5 Å². The van der Waals surface area contributed by atoms with Crippen LogP contribution in [0.2, 0.25) is 0 Å². The van der Waals surface area contributed by atoms with Crippen LogP contribution in [-0.2, 0) is 6.61 Å². The molecule has 34 heavy (non-hydrogen) atoms. The fraction of sp³-hybridized carbons (Fsp3) is 0.280. The zero-order valence-electron chi connectivity index (χ0n) is 19.1. The lowest BCUT2D eigenvalue weighted by molar-refractivity contribution is 0.0510. The molecule has 3 aromatic heterocycles. The molecule has 0 aliphatic carbocycles. The fourth-order valence-corrected chi connectivity index (χ4v) is 4.10. The van der Waals surface area contributed by atoms with Gasteiger partial charge in [0.1, 0.15) is 18.0 Å². The lowest BCUT2D eigenvalue weighted by Crippen LogP contribution is -2.50. The van der Waals surface area contributed by atoms with E-state index in [2.05, 4.69) is 10.1 Å². The number of piperazine rings is 1. The van der Waals surface area contributed by atoms with Gasteiger partial charge >= 0.3 is 0 Å². The van der Waals surface area contributed by atoms with E-state index in [1.165, 1.54) is 0 Å². The number of amides is 2. The van der Waals surface area contributed by atoms with Crippen molar-refractivity contribution >= 4 is 17.5 Å². The van der Waals surface area contributed by atoms with E-state index in [1.54, 1.807) is 34.9 Å². The average molecular weight is 460 g/mol. The Balaban J connectivity index is 1.24. The smallest absolute Gasteiger partial charge is 0.292 e. The molecule has 0 unspecified atom stereocenters. The number of imidazole rings is 1. The summed E-state index contributed by atoms with van der Waals surface area (Å²) in [6.07, 6.45) is 3.88. The molecular weight excluding hydrogens is 434 g/mol. The number of aromatic nitrogens is 3. The van der Waals surface area contributed by atoms with E-state index < -0.39 is 0 Å². The SMILES string of the molecule is Cc1cc(C(=O)N2CCN(C(=O)c3ccccc3OCc3cn4cccc(C)c4n3)CC2)on1. The number of fused-ring (bicyclic) bond motifs is 1. The van der Waals surface area contributed by atoms with E-state index in [9.17, 15) is 9.59 Å². The Labute approximate surface area is 196 Å². The molecule has 2 amide bonds. The number of carbonyl (C=O) groups is 2. The summed E-state index contributed by atoms with van der Waals surface area (Å²) in [6, 6.07) is 12.8. The summed E-state index contributed by atoms with van der Waals surface area (Å²) in [5, 5.41) is 3.77. The van der Waals surface area contributed by atoms with Crippen molar-refractivity contribution in [1.82, 2.24) is 24.3 Å². The molecule has 5 rings (SSSR count). The summed E-state index contributed by atoms with van der Waals surface area (Å²) in [7, 11) is 0. The van der Waals surface area contributed by atoms with Crippen LogP contribution in [0.15, 0.2) is 59.4 Å². The van der Waals surface area contributed by atoms with Gasteiger partial charge < -0.3 is 23.5 Å². The lowest BCUT2D eigenvalue weighted by atomic mass is 10.1. The number of nitrogens with zero attached hydrogens (tertiary/aromatic N) is 5. The van der Waals surface area contributed by atoms with Gasteiger partial charge in [0.2, 0.25) is 5.76 Å². The third kappa shape index (κ3) is 4.24. The van der Waals surface area contributed by atoms with Gasteiger partial charge in [-0.05, 0) is 37.6 Å². The molecule has 9 nitrogen and oxygen atoms in total. The van der Waals surface area contributed by atoms with Crippen LogP contribution in [0.25, 0.3) is 5.65 Å². The predicted molar refractivity (Wildman–Crippen MR) is 124 cm³/mol. The molecule has 9 heteroatoms. The molecule has 1 aliphatic rings. The van der Waals surface area contributed by atoms with E-state index in [0.29, 0.717) is 43.2 Å². The van der Waals surface area contributed by atoms with Gasteiger partial charge in [0.05, 0.1) is 17.0 Å². The summed E-state index contributed by atoms with van der Waals surface area (Å²) in [4.78, 5) is 33.9. The van der Waals surface area contributed by atoms with Gasteiger partial charge in [-0.15, -0.1) is 0 Å². The van der Waals surface area contributed by atoms with Crippen LogP contribution in [-0.4, -0.2) is 62.3 Å². The number of ether oxygens (including phenoxy) is 1. The van der Waals surface area contributed by atoms with Crippen molar-refractivity contribution in [3.63, 3.8) is 0 Å². The largest absolute Gasteiger partial charge is 0.486 e. The maximum absolute atomic E-state index is 13.3. The number of rotatable bonds is 5. The van der Waals surface area contributed by atoms with Gasteiger partial charge in [0.15, 0.2) is 0 Å². The summed E-state index contributed by atoms with van der Waals surface area (Å²) in [6.45, 7) is 5.74. The first-order valence-electron chi connectivity index (χ1n) is 11.2. The first-order chi connectivity index (χ1) is 16.5. The van der Waals surface area contributed by atoms with E-state index in [1.807, 2.05) is 48.0 Å². The molecule has 1 fully saturated rings. The molecule has 1 saturated heterocycles. The fourth-order valence-electron chi connectivity index (χ4n) is 4.10. The lowest BCUT2D eigenvalue weighted by Gasteiger charge is -2.34. The van der Waals surface area contributed by atoms with Crippen molar-refractivity contribution in [3.8, 4) is 5.75 Å². The Morgan fingerprint density at radius 2 is 1.74 bits per heavy atom. The number of carbonyl (C=O) groups excluding carboxylic acids is 2. The molecule has 0 bridgehead atoms. The average Bonchev–Trinajstić information content (AvgIpc) is 3.49. The second-order valence-corrected chi connectivity index (χ2v) is 8.36. The Hall–Kier alpha value is -4.14. The van der Waals surface area contributed by atoms with Gasteiger partial charge in [0.25, 0.3) is 11.8 Å². The second kappa shape index (κ2) is 9.01. The van der Waals surface area contributed by atoms with Crippen LogP contribution in [0.5, 0.6) is 5.75 Å². The highest BCUT2D eigenvalue weighted by Crippen LogP contribution is 2.22. The van der Waals surface area contributed by atoms with Crippen molar-refractivity contribution in [1.29, 1.82) is 0 Å². The predicted octanol–water partition coefficient (Wildman–Crippen LogP) is 3.12. The van der Waals surface area contributed by atoms with Crippen LogP contribution in [0.1, 0.15) is 37.9 Å². The standard InChI is InChI=1S/C25H25N5O4/c1-17-6-5-9-30-15-19(26-23(17)30)16-33-21-8-4-3-7-20(21)24(31)28-10-12-29(13-11-28)25(32)22-14-18(2)27-34-22/h3-9,14-15H,10-13,16H2,1-2H3.